The second-order valence-corrected chi connectivity index (χ2v) is 3.53. The fraction of sp³-hybridized carbons (Fsp3) is 0.273. The number of rotatable bonds is 2. The SMILES string of the molecule is CN(C)C(=O)/C=C/c1cnccc1C(F)(F)F. The van der Waals surface area contributed by atoms with Crippen molar-refractivity contribution >= 4 is 12.0 Å². The number of hydrogen-bond donors (Lipinski definition) is 0. The van der Waals surface area contributed by atoms with Gasteiger partial charge in [-0.3, -0.25) is 9.78 Å². The van der Waals surface area contributed by atoms with Crippen LogP contribution in [0.1, 0.15) is 11.1 Å². The first-order valence-corrected chi connectivity index (χ1v) is 4.73. The highest BCUT2D eigenvalue weighted by Gasteiger charge is 2.32. The third-order valence-corrected chi connectivity index (χ3v) is 2.00. The second kappa shape index (κ2) is 4.99. The number of likely N-dealkylation sites (N-methyl/N-ethyl adjacent to an activating group) is 1. The van der Waals surface area contributed by atoms with E-state index >= 15 is 0 Å². The molecule has 0 fully saturated rings. The van der Waals surface area contributed by atoms with Gasteiger partial charge in [-0.2, -0.15) is 13.2 Å². The van der Waals surface area contributed by atoms with Crippen LogP contribution in [0.2, 0.25) is 0 Å². The van der Waals surface area contributed by atoms with E-state index in [2.05, 4.69) is 4.98 Å². The Morgan fingerprint density at radius 3 is 2.59 bits per heavy atom. The molecule has 1 heterocycles. The molecule has 0 radical (unpaired) electrons. The van der Waals surface area contributed by atoms with Crippen molar-refractivity contribution in [1.82, 2.24) is 9.88 Å². The summed E-state index contributed by atoms with van der Waals surface area (Å²) in [7, 11) is 3.03. The number of carbonyl (C=O) groups excluding carboxylic acids is 1. The number of hydrogen-bond acceptors (Lipinski definition) is 2. The molecule has 0 unspecified atom stereocenters. The largest absolute Gasteiger partial charge is 0.417 e. The van der Waals surface area contributed by atoms with E-state index in [0.717, 1.165) is 30.6 Å². The summed E-state index contributed by atoms with van der Waals surface area (Å²) in [6.07, 6.45) is -0.135. The van der Waals surface area contributed by atoms with Crippen LogP contribution < -0.4 is 0 Å². The van der Waals surface area contributed by atoms with E-state index in [1.807, 2.05) is 0 Å². The minimum Gasteiger partial charge on any atom is -0.345 e. The van der Waals surface area contributed by atoms with E-state index in [-0.39, 0.29) is 11.5 Å². The fourth-order valence-corrected chi connectivity index (χ4v) is 1.11. The molecule has 6 heteroatoms. The Balaban J connectivity index is 3.04. The van der Waals surface area contributed by atoms with Crippen LogP contribution in [0.15, 0.2) is 24.5 Å². The molecular weight excluding hydrogens is 233 g/mol. The van der Waals surface area contributed by atoms with Gasteiger partial charge in [-0.25, -0.2) is 0 Å². The minimum atomic E-state index is -4.45. The average molecular weight is 244 g/mol. The summed E-state index contributed by atoms with van der Waals surface area (Å²) < 4.78 is 37.7. The number of aromatic nitrogens is 1. The normalized spacial score (nSPS) is 11.8. The Labute approximate surface area is 96.6 Å². The van der Waals surface area contributed by atoms with Crippen LogP contribution in [0.3, 0.4) is 0 Å². The Kier molecular flexibility index (Phi) is 3.88. The van der Waals surface area contributed by atoms with Crippen LogP contribution in [0.5, 0.6) is 0 Å². The Bertz CT molecular complexity index is 439. The first-order valence-electron chi connectivity index (χ1n) is 4.73. The molecule has 0 aliphatic carbocycles. The average Bonchev–Trinajstić information content (AvgIpc) is 2.24. The van der Waals surface area contributed by atoms with Crippen LogP contribution in [-0.4, -0.2) is 29.9 Å². The number of alkyl halides is 3. The van der Waals surface area contributed by atoms with Gasteiger partial charge in [0.05, 0.1) is 5.56 Å². The van der Waals surface area contributed by atoms with Crippen LogP contribution in [-0.2, 0) is 11.0 Å². The quantitative estimate of drug-likeness (QED) is 0.747. The monoisotopic (exact) mass is 244 g/mol. The van der Waals surface area contributed by atoms with Gasteiger partial charge in [0.2, 0.25) is 5.91 Å². The fourth-order valence-electron chi connectivity index (χ4n) is 1.11. The molecule has 92 valence electrons. The molecule has 0 atom stereocenters. The molecule has 0 bridgehead atoms. The topological polar surface area (TPSA) is 33.2 Å². The van der Waals surface area contributed by atoms with Crippen molar-refractivity contribution in [1.29, 1.82) is 0 Å². The molecule has 0 saturated heterocycles. The predicted molar refractivity (Wildman–Crippen MR) is 57.0 cm³/mol. The number of amides is 1. The van der Waals surface area contributed by atoms with Crippen molar-refractivity contribution in [2.45, 2.75) is 6.18 Å². The van der Waals surface area contributed by atoms with Gasteiger partial charge in [0.15, 0.2) is 0 Å². The van der Waals surface area contributed by atoms with Gasteiger partial charge in [-0.15, -0.1) is 0 Å². The molecule has 1 aromatic heterocycles. The van der Waals surface area contributed by atoms with Gasteiger partial charge >= 0.3 is 6.18 Å². The number of halogens is 3. The number of carbonyl (C=O) groups is 1. The maximum atomic E-state index is 12.6. The highest BCUT2D eigenvalue weighted by Crippen LogP contribution is 2.31. The zero-order valence-electron chi connectivity index (χ0n) is 9.32. The summed E-state index contributed by atoms with van der Waals surface area (Å²) in [4.78, 5) is 16.1. The van der Waals surface area contributed by atoms with Crippen LogP contribution in [0.4, 0.5) is 13.2 Å². The molecule has 0 N–H and O–H groups in total. The zero-order valence-corrected chi connectivity index (χ0v) is 9.32. The third kappa shape index (κ3) is 3.58. The van der Waals surface area contributed by atoms with Gasteiger partial charge in [0.1, 0.15) is 0 Å². The third-order valence-electron chi connectivity index (χ3n) is 2.00. The summed E-state index contributed by atoms with van der Waals surface area (Å²) >= 11 is 0. The molecule has 1 aromatic rings. The first kappa shape index (κ1) is 13.2. The molecule has 0 aliphatic rings. The van der Waals surface area contributed by atoms with E-state index in [1.54, 1.807) is 0 Å². The van der Waals surface area contributed by atoms with Crippen LogP contribution in [0, 0.1) is 0 Å². The smallest absolute Gasteiger partial charge is 0.345 e. The van der Waals surface area contributed by atoms with E-state index < -0.39 is 11.7 Å². The maximum Gasteiger partial charge on any atom is 0.417 e. The van der Waals surface area contributed by atoms with Gasteiger partial charge in [-0.05, 0) is 12.1 Å². The summed E-state index contributed by atoms with van der Waals surface area (Å²) in [5.41, 5.74) is -0.939. The molecule has 3 nitrogen and oxygen atoms in total. The first-order chi connectivity index (χ1) is 7.82. The molecule has 0 aromatic carbocycles. The summed E-state index contributed by atoms with van der Waals surface area (Å²) in [6, 6.07) is 0.875. The lowest BCUT2D eigenvalue weighted by Gasteiger charge is -2.09. The van der Waals surface area contributed by atoms with Crippen molar-refractivity contribution in [2.75, 3.05) is 14.1 Å². The number of nitrogens with zero attached hydrogens (tertiary/aromatic N) is 2. The highest BCUT2D eigenvalue weighted by molar-refractivity contribution is 5.91. The van der Waals surface area contributed by atoms with Crippen molar-refractivity contribution < 1.29 is 18.0 Å². The van der Waals surface area contributed by atoms with Gasteiger partial charge in [0, 0.05) is 38.1 Å². The Morgan fingerprint density at radius 2 is 2.06 bits per heavy atom. The summed E-state index contributed by atoms with van der Waals surface area (Å²) in [6.45, 7) is 0. The van der Waals surface area contributed by atoms with E-state index in [1.165, 1.54) is 19.0 Å². The van der Waals surface area contributed by atoms with Crippen molar-refractivity contribution in [3.63, 3.8) is 0 Å². The second-order valence-electron chi connectivity index (χ2n) is 3.53. The van der Waals surface area contributed by atoms with E-state index in [4.69, 9.17) is 0 Å². The van der Waals surface area contributed by atoms with Crippen LogP contribution in [0.25, 0.3) is 6.08 Å². The molecule has 0 spiro atoms. The number of pyridine rings is 1. The van der Waals surface area contributed by atoms with Gasteiger partial charge in [0.25, 0.3) is 0 Å². The van der Waals surface area contributed by atoms with Crippen molar-refractivity contribution in [3.05, 3.63) is 35.7 Å². The standard InChI is InChI=1S/C11H11F3N2O/c1-16(2)10(17)4-3-8-7-15-6-5-9(8)11(12,13)14/h3-7H,1-2H3/b4-3+. The molecule has 1 amide bonds. The Morgan fingerprint density at radius 1 is 1.41 bits per heavy atom. The molecule has 1 rings (SSSR count). The molecule has 0 saturated carbocycles. The lowest BCUT2D eigenvalue weighted by atomic mass is 10.1. The lowest BCUT2D eigenvalue weighted by Crippen LogP contribution is -2.18. The van der Waals surface area contributed by atoms with Gasteiger partial charge < -0.3 is 4.90 Å². The summed E-state index contributed by atoms with van der Waals surface area (Å²) in [5.74, 6) is -0.387. The van der Waals surface area contributed by atoms with Crippen molar-refractivity contribution in [2.24, 2.45) is 0 Å². The highest BCUT2D eigenvalue weighted by atomic mass is 19.4. The van der Waals surface area contributed by atoms with Crippen molar-refractivity contribution in [3.8, 4) is 0 Å². The lowest BCUT2D eigenvalue weighted by molar-refractivity contribution is -0.137. The van der Waals surface area contributed by atoms with E-state index in [0.29, 0.717) is 0 Å². The minimum absolute atomic E-state index is 0.129. The van der Waals surface area contributed by atoms with Gasteiger partial charge in [-0.1, -0.05) is 0 Å². The van der Waals surface area contributed by atoms with E-state index in [9.17, 15) is 18.0 Å². The zero-order chi connectivity index (χ0) is 13.1. The maximum absolute atomic E-state index is 12.6. The molecular formula is C11H11F3N2O. The molecule has 0 aliphatic heterocycles. The Hall–Kier alpha value is -1.85. The van der Waals surface area contributed by atoms with Crippen LogP contribution >= 0.6 is 0 Å². The predicted octanol–water partition coefficient (Wildman–Crippen LogP) is 2.20. The molecule has 17 heavy (non-hydrogen) atoms. The summed E-state index contributed by atoms with van der Waals surface area (Å²) in [5, 5.41) is 0.